The van der Waals surface area contributed by atoms with Crippen LogP contribution in [0.15, 0.2) is 18.2 Å². The SMILES string of the molecule is Cc1c(O)cccc1NC(=O)CS. The van der Waals surface area contributed by atoms with Gasteiger partial charge in [0.15, 0.2) is 0 Å². The number of hydrogen-bond donors (Lipinski definition) is 3. The molecule has 13 heavy (non-hydrogen) atoms. The number of phenolic OH excluding ortho intramolecular Hbond substituents is 1. The third-order valence-corrected chi connectivity index (χ3v) is 2.01. The molecule has 1 aromatic rings. The van der Waals surface area contributed by atoms with E-state index in [0.717, 1.165) is 0 Å². The van der Waals surface area contributed by atoms with Gasteiger partial charge in [-0.25, -0.2) is 0 Å². The first kappa shape index (κ1) is 9.92. The van der Waals surface area contributed by atoms with E-state index in [0.29, 0.717) is 11.3 Å². The molecule has 4 heteroatoms. The Hall–Kier alpha value is -1.16. The van der Waals surface area contributed by atoms with Crippen molar-refractivity contribution in [2.75, 3.05) is 11.1 Å². The molecule has 0 radical (unpaired) electrons. The summed E-state index contributed by atoms with van der Waals surface area (Å²) in [6.07, 6.45) is 0. The van der Waals surface area contributed by atoms with Crippen LogP contribution >= 0.6 is 12.6 Å². The lowest BCUT2D eigenvalue weighted by atomic mass is 10.2. The van der Waals surface area contributed by atoms with E-state index in [9.17, 15) is 9.90 Å². The fraction of sp³-hybridized carbons (Fsp3) is 0.222. The van der Waals surface area contributed by atoms with Crippen LogP contribution in [0.25, 0.3) is 0 Å². The number of anilines is 1. The standard InChI is InChI=1S/C9H11NO2S/c1-6-7(10-9(12)5-13)3-2-4-8(6)11/h2-4,11,13H,5H2,1H3,(H,10,12). The number of thiol groups is 1. The lowest BCUT2D eigenvalue weighted by Crippen LogP contribution is -2.13. The minimum atomic E-state index is -0.183. The van der Waals surface area contributed by atoms with Gasteiger partial charge in [0.25, 0.3) is 0 Å². The molecule has 70 valence electrons. The van der Waals surface area contributed by atoms with Crippen LogP contribution in [0.3, 0.4) is 0 Å². The summed E-state index contributed by atoms with van der Waals surface area (Å²) in [7, 11) is 0. The molecular formula is C9H11NO2S. The summed E-state index contributed by atoms with van der Waals surface area (Å²) in [6.45, 7) is 1.74. The van der Waals surface area contributed by atoms with Gasteiger partial charge >= 0.3 is 0 Å². The molecule has 0 saturated heterocycles. The molecule has 0 aromatic heterocycles. The van der Waals surface area contributed by atoms with Crippen molar-refractivity contribution in [3.05, 3.63) is 23.8 Å². The fourth-order valence-corrected chi connectivity index (χ4v) is 1.03. The quantitative estimate of drug-likeness (QED) is 0.630. The Balaban J connectivity index is 2.89. The minimum absolute atomic E-state index is 0.134. The van der Waals surface area contributed by atoms with Crippen LogP contribution in [0.4, 0.5) is 5.69 Å². The highest BCUT2D eigenvalue weighted by molar-refractivity contribution is 7.81. The molecule has 1 rings (SSSR count). The molecular weight excluding hydrogens is 186 g/mol. The van der Waals surface area contributed by atoms with Crippen molar-refractivity contribution in [2.45, 2.75) is 6.92 Å². The maximum atomic E-state index is 11.0. The van der Waals surface area contributed by atoms with E-state index >= 15 is 0 Å². The Morgan fingerprint density at radius 3 is 2.92 bits per heavy atom. The van der Waals surface area contributed by atoms with Gasteiger partial charge in [0.05, 0.1) is 5.75 Å². The first-order chi connectivity index (χ1) is 6.15. The third-order valence-electron chi connectivity index (χ3n) is 1.72. The second kappa shape index (κ2) is 4.18. The molecule has 0 fully saturated rings. The average Bonchev–Trinajstić information content (AvgIpc) is 2.13. The zero-order valence-electron chi connectivity index (χ0n) is 7.24. The van der Waals surface area contributed by atoms with E-state index in [2.05, 4.69) is 17.9 Å². The molecule has 0 aliphatic heterocycles. The van der Waals surface area contributed by atoms with Gasteiger partial charge in [-0.05, 0) is 19.1 Å². The highest BCUT2D eigenvalue weighted by Gasteiger charge is 2.04. The van der Waals surface area contributed by atoms with E-state index in [1.54, 1.807) is 25.1 Å². The van der Waals surface area contributed by atoms with Gasteiger partial charge in [-0.2, -0.15) is 12.6 Å². The Morgan fingerprint density at radius 1 is 1.62 bits per heavy atom. The maximum Gasteiger partial charge on any atom is 0.234 e. The summed E-state index contributed by atoms with van der Waals surface area (Å²) in [4.78, 5) is 11.0. The number of carbonyl (C=O) groups is 1. The number of amides is 1. The topological polar surface area (TPSA) is 49.3 Å². The molecule has 0 unspecified atom stereocenters. The van der Waals surface area contributed by atoms with Crippen molar-refractivity contribution in [1.82, 2.24) is 0 Å². The van der Waals surface area contributed by atoms with Crippen molar-refractivity contribution in [3.8, 4) is 5.75 Å². The molecule has 0 heterocycles. The molecule has 0 aliphatic carbocycles. The van der Waals surface area contributed by atoms with E-state index < -0.39 is 0 Å². The zero-order valence-corrected chi connectivity index (χ0v) is 8.14. The predicted molar refractivity (Wildman–Crippen MR) is 55.3 cm³/mol. The largest absolute Gasteiger partial charge is 0.508 e. The number of hydrogen-bond acceptors (Lipinski definition) is 3. The predicted octanol–water partition coefficient (Wildman–Crippen LogP) is 1.57. The molecule has 0 saturated carbocycles. The summed E-state index contributed by atoms with van der Waals surface area (Å²) < 4.78 is 0. The van der Waals surface area contributed by atoms with Crippen molar-refractivity contribution >= 4 is 24.2 Å². The first-order valence-electron chi connectivity index (χ1n) is 3.84. The van der Waals surface area contributed by atoms with Gasteiger partial charge in [-0.3, -0.25) is 4.79 Å². The van der Waals surface area contributed by atoms with Gasteiger partial charge < -0.3 is 10.4 Å². The highest BCUT2D eigenvalue weighted by atomic mass is 32.1. The summed E-state index contributed by atoms with van der Waals surface area (Å²) in [5.74, 6) is 0.128. The summed E-state index contributed by atoms with van der Waals surface area (Å²) in [5.41, 5.74) is 1.29. The second-order valence-corrected chi connectivity index (χ2v) is 2.97. The van der Waals surface area contributed by atoms with E-state index in [1.807, 2.05) is 0 Å². The van der Waals surface area contributed by atoms with E-state index in [4.69, 9.17) is 0 Å². The number of benzene rings is 1. The number of rotatable bonds is 2. The number of phenols is 1. The number of aromatic hydroxyl groups is 1. The van der Waals surface area contributed by atoms with Gasteiger partial charge in [0, 0.05) is 11.3 Å². The lowest BCUT2D eigenvalue weighted by Gasteiger charge is -2.07. The molecule has 1 amide bonds. The Bertz CT molecular complexity index is 325. The number of nitrogens with one attached hydrogen (secondary N) is 1. The Labute approximate surface area is 82.2 Å². The van der Waals surface area contributed by atoms with Crippen LogP contribution in [-0.4, -0.2) is 16.8 Å². The molecule has 2 N–H and O–H groups in total. The third kappa shape index (κ3) is 2.39. The van der Waals surface area contributed by atoms with Gasteiger partial charge in [0.2, 0.25) is 5.91 Å². The second-order valence-electron chi connectivity index (χ2n) is 2.66. The van der Waals surface area contributed by atoms with Crippen molar-refractivity contribution in [2.24, 2.45) is 0 Å². The number of carbonyl (C=O) groups excluding carboxylic acids is 1. The Morgan fingerprint density at radius 2 is 2.31 bits per heavy atom. The van der Waals surface area contributed by atoms with Gasteiger partial charge in [0.1, 0.15) is 5.75 Å². The monoisotopic (exact) mass is 197 g/mol. The van der Waals surface area contributed by atoms with Crippen LogP contribution in [0.1, 0.15) is 5.56 Å². The normalized spacial score (nSPS) is 9.69. The average molecular weight is 197 g/mol. The molecule has 0 bridgehead atoms. The van der Waals surface area contributed by atoms with Crippen LogP contribution in [0, 0.1) is 6.92 Å². The minimum Gasteiger partial charge on any atom is -0.508 e. The van der Waals surface area contributed by atoms with Crippen LogP contribution < -0.4 is 5.32 Å². The summed E-state index contributed by atoms with van der Waals surface area (Å²) in [5, 5.41) is 11.9. The van der Waals surface area contributed by atoms with Crippen LogP contribution in [0.5, 0.6) is 5.75 Å². The Kier molecular flexibility index (Phi) is 3.19. The molecule has 0 atom stereocenters. The lowest BCUT2D eigenvalue weighted by molar-refractivity contribution is -0.113. The van der Waals surface area contributed by atoms with Crippen molar-refractivity contribution in [1.29, 1.82) is 0 Å². The first-order valence-corrected chi connectivity index (χ1v) is 4.47. The molecule has 3 nitrogen and oxygen atoms in total. The van der Waals surface area contributed by atoms with Crippen molar-refractivity contribution in [3.63, 3.8) is 0 Å². The summed E-state index contributed by atoms with van der Waals surface area (Å²) >= 11 is 3.83. The maximum absolute atomic E-state index is 11.0. The van der Waals surface area contributed by atoms with E-state index in [1.165, 1.54) is 0 Å². The highest BCUT2D eigenvalue weighted by Crippen LogP contribution is 2.23. The van der Waals surface area contributed by atoms with Crippen LogP contribution in [-0.2, 0) is 4.79 Å². The van der Waals surface area contributed by atoms with Crippen molar-refractivity contribution < 1.29 is 9.90 Å². The molecule has 0 aliphatic rings. The molecule has 0 spiro atoms. The zero-order chi connectivity index (χ0) is 9.84. The van der Waals surface area contributed by atoms with Crippen LogP contribution in [0.2, 0.25) is 0 Å². The summed E-state index contributed by atoms with van der Waals surface area (Å²) in [6, 6.07) is 4.98. The van der Waals surface area contributed by atoms with E-state index in [-0.39, 0.29) is 17.4 Å². The van der Waals surface area contributed by atoms with Gasteiger partial charge in [-0.15, -0.1) is 0 Å². The molecule has 1 aromatic carbocycles. The fourth-order valence-electron chi connectivity index (χ4n) is 0.949. The van der Waals surface area contributed by atoms with Gasteiger partial charge in [-0.1, -0.05) is 6.07 Å². The smallest absolute Gasteiger partial charge is 0.234 e.